The zero-order chi connectivity index (χ0) is 13.8. The van der Waals surface area contributed by atoms with Gasteiger partial charge in [0.1, 0.15) is 5.82 Å². The second kappa shape index (κ2) is 5.52. The lowest BCUT2D eigenvalue weighted by molar-refractivity contribution is 0.708. The van der Waals surface area contributed by atoms with E-state index in [1.165, 1.54) is 0 Å². The topological polar surface area (TPSA) is 84.3 Å². The highest BCUT2D eigenvalue weighted by atomic mass is 15.5. The Bertz CT molecular complexity index is 672. The predicted octanol–water partition coefficient (Wildman–Crippen LogP) is 1.70. The van der Waals surface area contributed by atoms with Crippen LogP contribution < -0.4 is 5.32 Å². The predicted molar refractivity (Wildman–Crippen MR) is 74.8 cm³/mol. The minimum absolute atomic E-state index is 0.587. The molecule has 0 aliphatic rings. The lowest BCUT2D eigenvalue weighted by Gasteiger charge is -2.08. The Hall–Kier alpha value is -2.70. The van der Waals surface area contributed by atoms with E-state index in [2.05, 4.69) is 42.4 Å². The molecule has 0 amide bonds. The van der Waals surface area contributed by atoms with Crippen molar-refractivity contribution < 1.29 is 0 Å². The van der Waals surface area contributed by atoms with Crippen LogP contribution in [0.4, 0.5) is 5.69 Å². The third kappa shape index (κ3) is 2.51. The highest BCUT2D eigenvalue weighted by Gasteiger charge is 2.04. The number of aryl methyl sites for hydroxylation is 1. The molecule has 3 aromatic rings. The Labute approximate surface area is 116 Å². The Morgan fingerprint density at radius 2 is 2.30 bits per heavy atom. The fourth-order valence-corrected chi connectivity index (χ4v) is 2.03. The molecule has 7 heteroatoms. The molecular formula is C13H15N7. The third-order valence-corrected chi connectivity index (χ3v) is 3.06. The van der Waals surface area contributed by atoms with E-state index >= 15 is 0 Å². The molecule has 0 bridgehead atoms. The molecule has 2 aromatic heterocycles. The number of aromatic amines is 1. The lowest BCUT2D eigenvalue weighted by atomic mass is 10.2. The van der Waals surface area contributed by atoms with Crippen molar-refractivity contribution in [1.82, 2.24) is 30.2 Å². The van der Waals surface area contributed by atoms with Gasteiger partial charge < -0.3 is 9.88 Å². The van der Waals surface area contributed by atoms with Gasteiger partial charge in [0.25, 0.3) is 0 Å². The first kappa shape index (κ1) is 12.3. The molecule has 3 rings (SSSR count). The zero-order valence-corrected chi connectivity index (χ0v) is 11.1. The van der Waals surface area contributed by atoms with Gasteiger partial charge in [-0.15, -0.1) is 10.2 Å². The van der Waals surface area contributed by atoms with Crippen LogP contribution in [-0.4, -0.2) is 30.2 Å². The number of tetrazole rings is 1. The minimum atomic E-state index is 0.587. The lowest BCUT2D eigenvalue weighted by Crippen LogP contribution is -2.07. The molecule has 2 heterocycles. The smallest absolute Gasteiger partial charge is 0.204 e. The van der Waals surface area contributed by atoms with E-state index in [-0.39, 0.29) is 0 Å². The summed E-state index contributed by atoms with van der Waals surface area (Å²) in [6.45, 7) is 3.69. The van der Waals surface area contributed by atoms with Crippen LogP contribution >= 0.6 is 0 Å². The van der Waals surface area contributed by atoms with Crippen LogP contribution in [-0.2, 0) is 13.1 Å². The summed E-state index contributed by atoms with van der Waals surface area (Å²) in [7, 11) is 0. The summed E-state index contributed by atoms with van der Waals surface area (Å²) in [5, 5.41) is 17.3. The van der Waals surface area contributed by atoms with E-state index in [9.17, 15) is 0 Å². The number of benzene rings is 1. The van der Waals surface area contributed by atoms with Crippen molar-refractivity contribution in [3.63, 3.8) is 0 Å². The third-order valence-electron chi connectivity index (χ3n) is 3.06. The number of aromatic nitrogens is 6. The number of nitrogens with one attached hydrogen (secondary N) is 2. The van der Waals surface area contributed by atoms with Gasteiger partial charge in [0.2, 0.25) is 5.82 Å². The fourth-order valence-electron chi connectivity index (χ4n) is 2.03. The molecule has 0 aliphatic heterocycles. The molecule has 0 radical (unpaired) electrons. The van der Waals surface area contributed by atoms with Crippen molar-refractivity contribution in [3.05, 3.63) is 42.5 Å². The average Bonchev–Trinajstić information content (AvgIpc) is 3.16. The Balaban J connectivity index is 1.74. The average molecular weight is 269 g/mol. The van der Waals surface area contributed by atoms with Crippen LogP contribution in [0.1, 0.15) is 12.7 Å². The number of nitrogens with zero attached hydrogens (tertiary/aromatic N) is 5. The first-order valence-electron chi connectivity index (χ1n) is 6.44. The molecule has 0 spiro atoms. The molecule has 7 nitrogen and oxygen atoms in total. The van der Waals surface area contributed by atoms with Gasteiger partial charge in [-0.3, -0.25) is 0 Å². The van der Waals surface area contributed by atoms with Crippen molar-refractivity contribution in [2.24, 2.45) is 0 Å². The van der Waals surface area contributed by atoms with E-state index in [0.717, 1.165) is 23.6 Å². The summed E-state index contributed by atoms with van der Waals surface area (Å²) in [4.78, 5) is 4.34. The molecule has 0 saturated carbocycles. The molecule has 20 heavy (non-hydrogen) atoms. The van der Waals surface area contributed by atoms with E-state index < -0.39 is 0 Å². The summed E-state index contributed by atoms with van der Waals surface area (Å²) < 4.78 is 2.11. The van der Waals surface area contributed by atoms with Crippen LogP contribution in [0.25, 0.3) is 11.4 Å². The van der Waals surface area contributed by atoms with Gasteiger partial charge in [0, 0.05) is 30.2 Å². The number of hydrogen-bond acceptors (Lipinski definition) is 5. The van der Waals surface area contributed by atoms with Crippen molar-refractivity contribution in [3.8, 4) is 11.4 Å². The van der Waals surface area contributed by atoms with Crippen molar-refractivity contribution in [2.75, 3.05) is 5.32 Å². The molecule has 0 unspecified atom stereocenters. The summed E-state index contributed by atoms with van der Waals surface area (Å²) in [6.07, 6.45) is 3.79. The second-order valence-corrected chi connectivity index (χ2v) is 4.30. The number of rotatable bonds is 5. The quantitative estimate of drug-likeness (QED) is 0.736. The fraction of sp³-hybridized carbons (Fsp3) is 0.231. The number of imidazole rings is 1. The number of hydrogen-bond donors (Lipinski definition) is 2. The summed E-state index contributed by atoms with van der Waals surface area (Å²) >= 11 is 0. The molecule has 0 saturated heterocycles. The molecule has 0 atom stereocenters. The Morgan fingerprint density at radius 3 is 3.10 bits per heavy atom. The SMILES string of the molecule is CCn1ccnc1CNc1cccc(-c2nn[nH]n2)c1. The number of H-pyrrole nitrogens is 1. The van der Waals surface area contributed by atoms with E-state index in [4.69, 9.17) is 0 Å². The summed E-state index contributed by atoms with van der Waals surface area (Å²) in [5.41, 5.74) is 1.92. The van der Waals surface area contributed by atoms with E-state index in [1.807, 2.05) is 36.7 Å². The maximum Gasteiger partial charge on any atom is 0.204 e. The molecule has 0 aliphatic carbocycles. The van der Waals surface area contributed by atoms with E-state index in [0.29, 0.717) is 12.4 Å². The highest BCUT2D eigenvalue weighted by Crippen LogP contribution is 2.18. The number of anilines is 1. The largest absolute Gasteiger partial charge is 0.378 e. The van der Waals surface area contributed by atoms with Crippen LogP contribution in [0.15, 0.2) is 36.7 Å². The highest BCUT2D eigenvalue weighted by molar-refractivity contribution is 5.61. The van der Waals surface area contributed by atoms with Crippen molar-refractivity contribution >= 4 is 5.69 Å². The maximum absolute atomic E-state index is 4.34. The van der Waals surface area contributed by atoms with Crippen LogP contribution in [0.3, 0.4) is 0 Å². The van der Waals surface area contributed by atoms with Gasteiger partial charge in [-0.1, -0.05) is 12.1 Å². The normalized spacial score (nSPS) is 10.7. The molecule has 0 fully saturated rings. The van der Waals surface area contributed by atoms with Crippen molar-refractivity contribution in [2.45, 2.75) is 20.0 Å². The first-order chi connectivity index (χ1) is 9.86. The standard InChI is InChI=1S/C13H15N7/c1-2-20-7-6-14-12(20)9-15-11-5-3-4-10(8-11)13-16-18-19-17-13/h3-8,15H,2,9H2,1H3,(H,16,17,18,19). The van der Waals surface area contributed by atoms with Gasteiger partial charge in [0.05, 0.1) is 6.54 Å². The van der Waals surface area contributed by atoms with Gasteiger partial charge >= 0.3 is 0 Å². The summed E-state index contributed by atoms with van der Waals surface area (Å²) in [5.74, 6) is 1.60. The van der Waals surface area contributed by atoms with Gasteiger partial charge in [-0.05, 0) is 24.3 Å². The van der Waals surface area contributed by atoms with Gasteiger partial charge in [-0.25, -0.2) is 4.98 Å². The zero-order valence-electron chi connectivity index (χ0n) is 11.1. The van der Waals surface area contributed by atoms with Gasteiger partial charge in [0.15, 0.2) is 0 Å². The Kier molecular flexibility index (Phi) is 3.40. The van der Waals surface area contributed by atoms with Crippen LogP contribution in [0.5, 0.6) is 0 Å². The van der Waals surface area contributed by atoms with Crippen LogP contribution in [0, 0.1) is 0 Å². The second-order valence-electron chi connectivity index (χ2n) is 4.30. The first-order valence-corrected chi connectivity index (χ1v) is 6.44. The van der Waals surface area contributed by atoms with Crippen molar-refractivity contribution in [1.29, 1.82) is 0 Å². The molecule has 102 valence electrons. The molecule has 2 N–H and O–H groups in total. The monoisotopic (exact) mass is 269 g/mol. The Morgan fingerprint density at radius 1 is 1.35 bits per heavy atom. The van der Waals surface area contributed by atoms with Crippen LogP contribution in [0.2, 0.25) is 0 Å². The maximum atomic E-state index is 4.34. The molecular weight excluding hydrogens is 254 g/mol. The molecule has 1 aromatic carbocycles. The van der Waals surface area contributed by atoms with E-state index in [1.54, 1.807) is 0 Å². The van der Waals surface area contributed by atoms with Gasteiger partial charge in [-0.2, -0.15) is 5.21 Å². The summed E-state index contributed by atoms with van der Waals surface area (Å²) in [6, 6.07) is 7.90. The minimum Gasteiger partial charge on any atom is -0.378 e.